The number of nitrogens with one attached hydrogen (secondary N) is 1. The summed E-state index contributed by atoms with van der Waals surface area (Å²) in [7, 11) is -4.20. The van der Waals surface area contributed by atoms with Crippen molar-refractivity contribution in [2.75, 3.05) is 31.7 Å². The van der Waals surface area contributed by atoms with Crippen molar-refractivity contribution in [1.82, 2.24) is 4.90 Å². The van der Waals surface area contributed by atoms with Gasteiger partial charge < -0.3 is 9.64 Å². The molecule has 1 fully saturated rings. The zero-order valence-corrected chi connectivity index (χ0v) is 17.9. The highest BCUT2D eigenvalue weighted by atomic mass is 32.2. The van der Waals surface area contributed by atoms with Gasteiger partial charge in [-0.05, 0) is 59.9 Å². The molecule has 31 heavy (non-hydrogen) atoms. The number of ether oxygens (including phenoxy) is 1. The van der Waals surface area contributed by atoms with Crippen molar-refractivity contribution in [2.24, 2.45) is 5.10 Å². The van der Waals surface area contributed by atoms with Gasteiger partial charge in [0.25, 0.3) is 10.1 Å². The van der Waals surface area contributed by atoms with Crippen LogP contribution in [0.25, 0.3) is 6.08 Å². The summed E-state index contributed by atoms with van der Waals surface area (Å²) in [5.74, 6) is 0. The normalized spacial score (nSPS) is 18.9. The largest absolute Gasteiger partial charge is 0.378 e. The Morgan fingerprint density at radius 3 is 2.39 bits per heavy atom. The highest BCUT2D eigenvalue weighted by Crippen LogP contribution is 2.35. The molecule has 0 unspecified atom stereocenters. The first-order valence-electron chi connectivity index (χ1n) is 10.2. The van der Waals surface area contributed by atoms with Crippen molar-refractivity contribution >= 4 is 28.1 Å². The number of anilines is 1. The molecule has 2 aromatic carbocycles. The second kappa shape index (κ2) is 9.47. The Balaban J connectivity index is 1.56. The topological polar surface area (TPSA) is 91.2 Å². The van der Waals surface area contributed by atoms with Crippen LogP contribution in [-0.2, 0) is 14.9 Å². The molecule has 4 rings (SSSR count). The molecule has 0 aromatic heterocycles. The summed E-state index contributed by atoms with van der Waals surface area (Å²) in [6, 6.07) is 16.1. The fourth-order valence-electron chi connectivity index (χ4n) is 3.81. The van der Waals surface area contributed by atoms with Gasteiger partial charge >= 0.3 is 0 Å². The molecule has 0 bridgehead atoms. The molecule has 7 nitrogen and oxygen atoms in total. The Morgan fingerprint density at radius 1 is 1.00 bits per heavy atom. The maximum Gasteiger partial charge on any atom is 0.294 e. The third-order valence-electron chi connectivity index (χ3n) is 5.31. The maximum atomic E-state index is 11.2. The van der Waals surface area contributed by atoms with Gasteiger partial charge in [0.1, 0.15) is 0 Å². The minimum Gasteiger partial charge on any atom is -0.378 e. The van der Waals surface area contributed by atoms with Crippen LogP contribution < -0.4 is 5.43 Å². The number of hydrogen-bond donors (Lipinski definition) is 2. The van der Waals surface area contributed by atoms with Crippen molar-refractivity contribution < 1.29 is 17.7 Å². The van der Waals surface area contributed by atoms with Gasteiger partial charge in [-0.2, -0.15) is 13.5 Å². The third-order valence-corrected chi connectivity index (χ3v) is 6.17. The molecule has 0 radical (unpaired) electrons. The molecule has 0 saturated carbocycles. The van der Waals surface area contributed by atoms with Crippen LogP contribution in [0.2, 0.25) is 0 Å². The van der Waals surface area contributed by atoms with Crippen LogP contribution in [0.3, 0.4) is 0 Å². The highest BCUT2D eigenvalue weighted by Gasteiger charge is 2.25. The molecule has 0 amide bonds. The van der Waals surface area contributed by atoms with E-state index in [0.717, 1.165) is 31.5 Å². The van der Waals surface area contributed by atoms with E-state index in [0.29, 0.717) is 18.9 Å². The van der Waals surface area contributed by atoms with E-state index in [1.165, 1.54) is 29.0 Å². The van der Waals surface area contributed by atoms with Crippen LogP contribution >= 0.6 is 0 Å². The fraction of sp³-hybridized carbons (Fsp3) is 0.261. The Morgan fingerprint density at radius 2 is 1.71 bits per heavy atom. The second-order valence-corrected chi connectivity index (χ2v) is 8.84. The third kappa shape index (κ3) is 5.41. The molecule has 2 aromatic rings. The summed E-state index contributed by atoms with van der Waals surface area (Å²) < 4.78 is 36.9. The van der Waals surface area contributed by atoms with Crippen LogP contribution in [0.15, 0.2) is 81.4 Å². The zero-order valence-electron chi connectivity index (χ0n) is 17.1. The predicted molar refractivity (Wildman–Crippen MR) is 121 cm³/mol. The maximum absolute atomic E-state index is 11.2. The summed E-state index contributed by atoms with van der Waals surface area (Å²) in [5, 5.41) is 4.37. The summed E-state index contributed by atoms with van der Waals surface area (Å²) in [4.78, 5) is 2.22. The minimum absolute atomic E-state index is 0.147. The number of allylic oxidation sites excluding steroid dienone is 2. The van der Waals surface area contributed by atoms with E-state index in [1.54, 1.807) is 12.1 Å². The van der Waals surface area contributed by atoms with Gasteiger partial charge in [0, 0.05) is 18.8 Å². The van der Waals surface area contributed by atoms with E-state index in [9.17, 15) is 8.42 Å². The summed E-state index contributed by atoms with van der Waals surface area (Å²) >= 11 is 0. The van der Waals surface area contributed by atoms with Gasteiger partial charge in [0.15, 0.2) is 0 Å². The van der Waals surface area contributed by atoms with Crippen LogP contribution in [0, 0.1) is 0 Å². The molecule has 2 N–H and O–H groups in total. The zero-order chi connectivity index (χ0) is 21.7. The van der Waals surface area contributed by atoms with E-state index in [2.05, 4.69) is 33.6 Å². The Kier molecular flexibility index (Phi) is 6.50. The van der Waals surface area contributed by atoms with E-state index in [1.807, 2.05) is 24.4 Å². The number of nitrogens with zero attached hydrogens (tertiary/aromatic N) is 2. The van der Waals surface area contributed by atoms with E-state index >= 15 is 0 Å². The molecule has 0 spiro atoms. The number of rotatable bonds is 6. The Labute approximate surface area is 182 Å². The number of hydrogen-bond acceptors (Lipinski definition) is 6. The average molecular weight is 440 g/mol. The minimum atomic E-state index is -4.20. The molecule has 1 aliphatic carbocycles. The van der Waals surface area contributed by atoms with Gasteiger partial charge in [0.2, 0.25) is 0 Å². The molecule has 1 heterocycles. The van der Waals surface area contributed by atoms with Gasteiger partial charge in [-0.15, -0.1) is 0 Å². The van der Waals surface area contributed by atoms with E-state index in [-0.39, 0.29) is 4.90 Å². The lowest BCUT2D eigenvalue weighted by Gasteiger charge is -2.31. The van der Waals surface area contributed by atoms with Crippen LogP contribution in [0.5, 0.6) is 0 Å². The van der Waals surface area contributed by atoms with Gasteiger partial charge in [-0.1, -0.05) is 30.3 Å². The molecule has 162 valence electrons. The van der Waals surface area contributed by atoms with E-state index < -0.39 is 10.1 Å². The monoisotopic (exact) mass is 439 g/mol. The van der Waals surface area contributed by atoms with Crippen molar-refractivity contribution in [3.8, 4) is 0 Å². The Hall–Kier alpha value is -2.94. The standard InChI is InChI=1S/C23H25N3O4S/c27-31(28,29)22-10-8-21(9-11-22)25-24-17-20-7-6-19(16-18-4-2-1-3-5-18)23(20)26-12-14-30-15-13-26/h1-5,8-11,16-17,25H,6-7,12-15H2,(H,27,28,29)/b19-16-,24-17+. The first-order valence-corrected chi connectivity index (χ1v) is 11.6. The molecular weight excluding hydrogens is 414 g/mol. The number of hydrazone groups is 1. The van der Waals surface area contributed by atoms with Crippen LogP contribution in [0.1, 0.15) is 18.4 Å². The van der Waals surface area contributed by atoms with Crippen molar-refractivity contribution in [2.45, 2.75) is 17.7 Å². The SMILES string of the molecule is O=S(=O)(O)c1ccc(N/N=C/C2=C(N3CCOCC3)C(=C\c3ccccc3)/CC2)cc1. The van der Waals surface area contributed by atoms with Crippen LogP contribution in [-0.4, -0.2) is 50.4 Å². The van der Waals surface area contributed by atoms with Gasteiger partial charge in [-0.25, -0.2) is 0 Å². The summed E-state index contributed by atoms with van der Waals surface area (Å²) in [5.41, 5.74) is 8.43. The summed E-state index contributed by atoms with van der Waals surface area (Å²) in [6.07, 6.45) is 5.94. The number of morpholine rings is 1. The van der Waals surface area contributed by atoms with Gasteiger partial charge in [-0.3, -0.25) is 9.98 Å². The highest BCUT2D eigenvalue weighted by molar-refractivity contribution is 7.85. The molecule has 1 saturated heterocycles. The smallest absolute Gasteiger partial charge is 0.294 e. The predicted octanol–water partition coefficient (Wildman–Crippen LogP) is 3.79. The molecule has 0 atom stereocenters. The van der Waals surface area contributed by atoms with E-state index in [4.69, 9.17) is 9.29 Å². The summed E-state index contributed by atoms with van der Waals surface area (Å²) in [6.45, 7) is 3.13. The van der Waals surface area contributed by atoms with Gasteiger partial charge in [0.05, 0.1) is 30.0 Å². The lowest BCUT2D eigenvalue weighted by Crippen LogP contribution is -2.36. The average Bonchev–Trinajstić information content (AvgIpc) is 3.17. The first kappa shape index (κ1) is 21.3. The lowest BCUT2D eigenvalue weighted by atomic mass is 10.1. The second-order valence-electron chi connectivity index (χ2n) is 7.42. The first-order chi connectivity index (χ1) is 15.0. The van der Waals surface area contributed by atoms with Crippen molar-refractivity contribution in [3.05, 3.63) is 77.0 Å². The lowest BCUT2D eigenvalue weighted by molar-refractivity contribution is 0.0548. The van der Waals surface area contributed by atoms with Crippen molar-refractivity contribution in [1.29, 1.82) is 0 Å². The van der Waals surface area contributed by atoms with Crippen molar-refractivity contribution in [3.63, 3.8) is 0 Å². The Bertz CT molecular complexity index is 1100. The molecule has 8 heteroatoms. The van der Waals surface area contributed by atoms with Crippen LogP contribution in [0.4, 0.5) is 5.69 Å². The molecule has 2 aliphatic rings. The molecule has 1 aliphatic heterocycles. The number of benzene rings is 2. The molecular formula is C23H25N3O4S. The quantitative estimate of drug-likeness (QED) is 0.404. The fourth-order valence-corrected chi connectivity index (χ4v) is 4.29.